The van der Waals surface area contributed by atoms with E-state index in [0.717, 1.165) is 0 Å². The van der Waals surface area contributed by atoms with Gasteiger partial charge in [-0.25, -0.2) is 0 Å². The summed E-state index contributed by atoms with van der Waals surface area (Å²) in [5.74, 6) is 0. The van der Waals surface area contributed by atoms with E-state index >= 15 is 0 Å². The molecule has 3 nitrogen and oxygen atoms in total. The van der Waals surface area contributed by atoms with Crippen LogP contribution >= 0.6 is 12.2 Å². The van der Waals surface area contributed by atoms with Crippen molar-refractivity contribution >= 4 is 17.3 Å². The molecule has 0 saturated heterocycles. The Labute approximate surface area is 53.9 Å². The molecule has 4 N–H and O–H groups in total. The zero-order valence-electron chi connectivity index (χ0n) is 4.48. The third-order valence-electron chi connectivity index (χ3n) is 0.509. The first-order chi connectivity index (χ1) is 3.77. The first-order valence-corrected chi connectivity index (χ1v) is 2.56. The standard InChI is InChI=1S/C4H9N3S/c1-2-6-3-7-4(5)8/h2,6H,1,3H2,(H3,5,7,8). The van der Waals surface area contributed by atoms with Crippen LogP contribution in [0.15, 0.2) is 12.8 Å². The van der Waals surface area contributed by atoms with Crippen LogP contribution in [0.1, 0.15) is 0 Å². The SMILES string of the molecule is C=CNCNC(N)=S. The molecule has 0 radical (unpaired) electrons. The summed E-state index contributed by atoms with van der Waals surface area (Å²) in [5, 5.41) is 5.73. The molecule has 0 atom stereocenters. The molecule has 0 aliphatic heterocycles. The summed E-state index contributed by atoms with van der Waals surface area (Å²) in [7, 11) is 0. The lowest BCUT2D eigenvalue weighted by molar-refractivity contribution is 0.803. The zero-order valence-corrected chi connectivity index (χ0v) is 5.29. The lowest BCUT2D eigenvalue weighted by atomic mass is 10.9. The Bertz CT molecular complexity index is 91.3. The molecule has 0 unspecified atom stereocenters. The highest BCUT2D eigenvalue weighted by molar-refractivity contribution is 7.80. The molecule has 0 aromatic rings. The van der Waals surface area contributed by atoms with E-state index < -0.39 is 0 Å². The van der Waals surface area contributed by atoms with E-state index in [-0.39, 0.29) is 0 Å². The van der Waals surface area contributed by atoms with Gasteiger partial charge in [-0.2, -0.15) is 0 Å². The van der Waals surface area contributed by atoms with Gasteiger partial charge in [-0.3, -0.25) is 0 Å². The maximum absolute atomic E-state index is 5.08. The lowest BCUT2D eigenvalue weighted by Crippen LogP contribution is -2.34. The van der Waals surface area contributed by atoms with E-state index in [0.29, 0.717) is 11.8 Å². The second kappa shape index (κ2) is 4.39. The van der Waals surface area contributed by atoms with E-state index in [4.69, 9.17) is 5.73 Å². The first kappa shape index (κ1) is 7.23. The van der Waals surface area contributed by atoms with Crippen molar-refractivity contribution in [3.8, 4) is 0 Å². The summed E-state index contributed by atoms with van der Waals surface area (Å²) in [5.41, 5.74) is 5.08. The Morgan fingerprint density at radius 3 is 2.88 bits per heavy atom. The van der Waals surface area contributed by atoms with Crippen molar-refractivity contribution in [2.75, 3.05) is 6.67 Å². The van der Waals surface area contributed by atoms with Crippen molar-refractivity contribution in [2.45, 2.75) is 0 Å². The number of rotatable bonds is 3. The third-order valence-corrected chi connectivity index (χ3v) is 0.653. The molecule has 0 aliphatic rings. The van der Waals surface area contributed by atoms with E-state index in [1.807, 2.05) is 0 Å². The van der Waals surface area contributed by atoms with Gasteiger partial charge in [0.05, 0.1) is 6.67 Å². The van der Waals surface area contributed by atoms with Crippen molar-refractivity contribution in [3.63, 3.8) is 0 Å². The smallest absolute Gasteiger partial charge is 0.165 e. The minimum Gasteiger partial charge on any atom is -0.376 e. The fraction of sp³-hybridized carbons (Fsp3) is 0.250. The monoisotopic (exact) mass is 131 g/mol. The Kier molecular flexibility index (Phi) is 3.97. The van der Waals surface area contributed by atoms with Crippen LogP contribution in [-0.4, -0.2) is 11.8 Å². The van der Waals surface area contributed by atoms with Crippen LogP contribution in [0.4, 0.5) is 0 Å². The minimum atomic E-state index is 0.291. The van der Waals surface area contributed by atoms with Crippen LogP contribution in [0.2, 0.25) is 0 Å². The summed E-state index contributed by atoms with van der Waals surface area (Å²) < 4.78 is 0. The molecule has 0 bridgehead atoms. The Hall–Kier alpha value is -0.770. The molecule has 0 rings (SSSR count). The second-order valence-corrected chi connectivity index (χ2v) is 1.57. The molecule has 46 valence electrons. The summed E-state index contributed by atoms with van der Waals surface area (Å²) in [6.07, 6.45) is 1.56. The summed E-state index contributed by atoms with van der Waals surface area (Å²) in [6, 6.07) is 0. The van der Waals surface area contributed by atoms with Crippen molar-refractivity contribution in [1.82, 2.24) is 10.6 Å². The van der Waals surface area contributed by atoms with Gasteiger partial charge in [0.1, 0.15) is 0 Å². The lowest BCUT2D eigenvalue weighted by Gasteiger charge is -2.00. The maximum atomic E-state index is 5.08. The Morgan fingerprint density at radius 1 is 1.88 bits per heavy atom. The van der Waals surface area contributed by atoms with E-state index in [2.05, 4.69) is 29.4 Å². The highest BCUT2D eigenvalue weighted by Crippen LogP contribution is 1.54. The molecule has 8 heavy (non-hydrogen) atoms. The number of nitrogens with one attached hydrogen (secondary N) is 2. The molecule has 0 amide bonds. The number of thiocarbonyl (C=S) groups is 1. The Balaban J connectivity index is 2.93. The first-order valence-electron chi connectivity index (χ1n) is 2.15. The van der Waals surface area contributed by atoms with Gasteiger partial charge in [0, 0.05) is 0 Å². The quantitative estimate of drug-likeness (QED) is 0.275. The van der Waals surface area contributed by atoms with Gasteiger partial charge in [0.15, 0.2) is 5.11 Å². The van der Waals surface area contributed by atoms with Crippen molar-refractivity contribution < 1.29 is 0 Å². The highest BCUT2D eigenvalue weighted by atomic mass is 32.1. The molecule has 0 heterocycles. The fourth-order valence-electron chi connectivity index (χ4n) is 0.210. The molecule has 0 fully saturated rings. The molecular weight excluding hydrogens is 122 g/mol. The normalized spacial score (nSPS) is 7.50. The van der Waals surface area contributed by atoms with Gasteiger partial charge in [0.2, 0.25) is 0 Å². The minimum absolute atomic E-state index is 0.291. The maximum Gasteiger partial charge on any atom is 0.165 e. The van der Waals surface area contributed by atoms with Crippen molar-refractivity contribution in [2.24, 2.45) is 5.73 Å². The van der Waals surface area contributed by atoms with E-state index in [1.165, 1.54) is 0 Å². The molecule has 0 spiro atoms. The van der Waals surface area contributed by atoms with Crippen LogP contribution in [0.25, 0.3) is 0 Å². The van der Waals surface area contributed by atoms with E-state index in [1.54, 1.807) is 6.20 Å². The summed E-state index contributed by atoms with van der Waals surface area (Å²) >= 11 is 4.50. The molecule has 0 saturated carbocycles. The fourth-order valence-corrected chi connectivity index (χ4v) is 0.282. The van der Waals surface area contributed by atoms with Gasteiger partial charge < -0.3 is 16.4 Å². The van der Waals surface area contributed by atoms with Crippen LogP contribution in [0.5, 0.6) is 0 Å². The van der Waals surface area contributed by atoms with Gasteiger partial charge in [-0.1, -0.05) is 6.58 Å². The summed E-state index contributed by atoms with van der Waals surface area (Å²) in [6.45, 7) is 3.96. The van der Waals surface area contributed by atoms with Crippen LogP contribution < -0.4 is 16.4 Å². The largest absolute Gasteiger partial charge is 0.376 e. The average molecular weight is 131 g/mol. The predicted octanol–water partition coefficient (Wildman–Crippen LogP) is -0.490. The molecule has 0 aromatic heterocycles. The topological polar surface area (TPSA) is 50.1 Å². The van der Waals surface area contributed by atoms with Crippen molar-refractivity contribution in [1.29, 1.82) is 0 Å². The molecule has 4 heteroatoms. The van der Waals surface area contributed by atoms with Gasteiger partial charge >= 0.3 is 0 Å². The second-order valence-electron chi connectivity index (χ2n) is 1.13. The van der Waals surface area contributed by atoms with Crippen LogP contribution in [0.3, 0.4) is 0 Å². The highest BCUT2D eigenvalue weighted by Gasteiger charge is 1.78. The third kappa shape index (κ3) is 5.23. The number of nitrogens with two attached hydrogens (primary N) is 1. The molecule has 0 aliphatic carbocycles. The van der Waals surface area contributed by atoms with Crippen LogP contribution in [0, 0.1) is 0 Å². The number of hydrogen-bond acceptors (Lipinski definition) is 2. The zero-order chi connectivity index (χ0) is 6.41. The molecule has 0 aromatic carbocycles. The van der Waals surface area contributed by atoms with Crippen LogP contribution in [-0.2, 0) is 0 Å². The Morgan fingerprint density at radius 2 is 2.50 bits per heavy atom. The van der Waals surface area contributed by atoms with Gasteiger partial charge in [-0.15, -0.1) is 0 Å². The average Bonchev–Trinajstić information content (AvgIpc) is 1.66. The van der Waals surface area contributed by atoms with Crippen molar-refractivity contribution in [3.05, 3.63) is 12.8 Å². The summed E-state index contributed by atoms with van der Waals surface area (Å²) in [4.78, 5) is 0. The van der Waals surface area contributed by atoms with E-state index in [9.17, 15) is 0 Å². The predicted molar refractivity (Wildman–Crippen MR) is 38.1 cm³/mol. The van der Waals surface area contributed by atoms with Gasteiger partial charge in [-0.05, 0) is 18.4 Å². The number of hydrogen-bond donors (Lipinski definition) is 3. The van der Waals surface area contributed by atoms with Gasteiger partial charge in [0.25, 0.3) is 0 Å². The molecular formula is C4H9N3S.